The molecular weight excluding hydrogens is 224 g/mol. The minimum Gasteiger partial charge on any atom is -0.392 e. The molecule has 0 saturated carbocycles. The Bertz CT molecular complexity index is 175. The molecule has 0 aromatic rings. The summed E-state index contributed by atoms with van der Waals surface area (Å²) in [6, 6.07) is 0. The van der Waals surface area contributed by atoms with E-state index >= 15 is 0 Å². The van der Waals surface area contributed by atoms with Crippen molar-refractivity contribution in [3.8, 4) is 0 Å². The Morgan fingerprint density at radius 1 is 1.27 bits per heavy atom. The van der Waals surface area contributed by atoms with Gasteiger partial charge in [0.1, 0.15) is 0 Å². The lowest BCUT2D eigenvalue weighted by atomic mass is 9.97. The molecule has 0 aromatic carbocycles. The minimum atomic E-state index is -0.0947. The van der Waals surface area contributed by atoms with Crippen LogP contribution in [0.2, 0.25) is 0 Å². The third-order valence-corrected chi connectivity index (χ3v) is 6.61. The first-order valence-electron chi connectivity index (χ1n) is 6.10. The lowest BCUT2D eigenvalue weighted by Crippen LogP contribution is -2.36. The summed E-state index contributed by atoms with van der Waals surface area (Å²) in [7, 11) is 0. The third-order valence-electron chi connectivity index (χ3n) is 3.21. The molecule has 0 bridgehead atoms. The third kappa shape index (κ3) is 4.20. The summed E-state index contributed by atoms with van der Waals surface area (Å²) in [5, 5.41) is 11.4. The molecule has 0 aromatic heterocycles. The summed E-state index contributed by atoms with van der Waals surface area (Å²) in [6.07, 6.45) is 3.26. The molecule has 0 spiro atoms. The predicted octanol–water partition coefficient (Wildman–Crippen LogP) is 3.41. The van der Waals surface area contributed by atoms with Gasteiger partial charge in [-0.05, 0) is 18.8 Å². The molecule has 15 heavy (non-hydrogen) atoms. The highest BCUT2D eigenvalue weighted by atomic mass is 32.2. The maximum atomic E-state index is 10.2. The molecule has 4 unspecified atom stereocenters. The van der Waals surface area contributed by atoms with Gasteiger partial charge in [0.25, 0.3) is 0 Å². The molecule has 1 N–H and O–H groups in total. The van der Waals surface area contributed by atoms with Crippen LogP contribution in [0.4, 0.5) is 0 Å². The summed E-state index contributed by atoms with van der Waals surface area (Å²) >= 11 is 4.04. The van der Waals surface area contributed by atoms with Crippen LogP contribution in [0.3, 0.4) is 0 Å². The maximum absolute atomic E-state index is 10.2. The van der Waals surface area contributed by atoms with E-state index in [9.17, 15) is 5.11 Å². The van der Waals surface area contributed by atoms with Crippen LogP contribution in [0.15, 0.2) is 0 Å². The molecule has 1 aliphatic heterocycles. The van der Waals surface area contributed by atoms with Gasteiger partial charge in [0, 0.05) is 22.0 Å². The standard InChI is InChI=1S/C12H24OS2/c1-4-9(3)8-10(13)12-11(5-2)14-6-7-15-12/h9-13H,4-8H2,1-3H3. The molecule has 0 amide bonds. The minimum absolute atomic E-state index is 0.0947. The Hall–Kier alpha value is 0.660. The maximum Gasteiger partial charge on any atom is 0.0672 e. The van der Waals surface area contributed by atoms with Gasteiger partial charge in [-0.3, -0.25) is 0 Å². The van der Waals surface area contributed by atoms with Crippen molar-refractivity contribution in [3.05, 3.63) is 0 Å². The predicted molar refractivity (Wildman–Crippen MR) is 72.9 cm³/mol. The van der Waals surface area contributed by atoms with Crippen molar-refractivity contribution < 1.29 is 5.11 Å². The van der Waals surface area contributed by atoms with Crippen molar-refractivity contribution in [3.63, 3.8) is 0 Å². The number of aliphatic hydroxyl groups excluding tert-OH is 1. The van der Waals surface area contributed by atoms with Gasteiger partial charge in [0.15, 0.2) is 0 Å². The molecule has 1 nitrogen and oxygen atoms in total. The topological polar surface area (TPSA) is 20.2 Å². The molecule has 0 radical (unpaired) electrons. The first-order chi connectivity index (χ1) is 7.19. The molecule has 0 aliphatic carbocycles. The normalized spacial score (nSPS) is 31.2. The fourth-order valence-corrected chi connectivity index (χ4v) is 5.17. The second-order valence-electron chi connectivity index (χ2n) is 4.47. The van der Waals surface area contributed by atoms with Gasteiger partial charge in [-0.15, -0.1) is 0 Å². The van der Waals surface area contributed by atoms with Crippen molar-refractivity contribution in [2.45, 2.75) is 56.6 Å². The largest absolute Gasteiger partial charge is 0.392 e. The average molecular weight is 248 g/mol. The van der Waals surface area contributed by atoms with Crippen molar-refractivity contribution in [1.29, 1.82) is 0 Å². The quantitative estimate of drug-likeness (QED) is 0.805. The Morgan fingerprint density at radius 3 is 2.53 bits per heavy atom. The Balaban J connectivity index is 2.44. The second kappa shape index (κ2) is 7.08. The van der Waals surface area contributed by atoms with Crippen molar-refractivity contribution in [2.75, 3.05) is 11.5 Å². The van der Waals surface area contributed by atoms with Gasteiger partial charge < -0.3 is 5.11 Å². The van der Waals surface area contributed by atoms with Crippen LogP contribution >= 0.6 is 23.5 Å². The molecular formula is C12H24OS2. The van der Waals surface area contributed by atoms with E-state index in [-0.39, 0.29) is 6.10 Å². The van der Waals surface area contributed by atoms with Crippen LogP contribution in [0.1, 0.15) is 40.0 Å². The highest BCUT2D eigenvalue weighted by Crippen LogP contribution is 2.36. The van der Waals surface area contributed by atoms with Crippen LogP contribution < -0.4 is 0 Å². The molecule has 4 atom stereocenters. The van der Waals surface area contributed by atoms with Crippen LogP contribution in [-0.4, -0.2) is 33.2 Å². The fraction of sp³-hybridized carbons (Fsp3) is 1.00. The van der Waals surface area contributed by atoms with Gasteiger partial charge >= 0.3 is 0 Å². The summed E-state index contributed by atoms with van der Waals surface area (Å²) < 4.78 is 0. The molecule has 1 aliphatic rings. The molecule has 1 rings (SSSR count). The van der Waals surface area contributed by atoms with Crippen LogP contribution in [0.5, 0.6) is 0 Å². The molecule has 1 fully saturated rings. The zero-order valence-corrected chi connectivity index (χ0v) is 11.7. The average Bonchev–Trinajstić information content (AvgIpc) is 2.28. The number of hydrogen-bond donors (Lipinski definition) is 1. The van der Waals surface area contributed by atoms with Gasteiger partial charge in [-0.1, -0.05) is 27.2 Å². The van der Waals surface area contributed by atoms with Gasteiger partial charge in [0.2, 0.25) is 0 Å². The van der Waals surface area contributed by atoms with E-state index in [0.717, 1.165) is 6.42 Å². The summed E-state index contributed by atoms with van der Waals surface area (Å²) in [4.78, 5) is 0. The number of hydrogen-bond acceptors (Lipinski definition) is 3. The van der Waals surface area contributed by atoms with Crippen molar-refractivity contribution >= 4 is 23.5 Å². The lowest BCUT2D eigenvalue weighted by Gasteiger charge is -2.34. The number of thioether (sulfide) groups is 2. The Labute approximate surface area is 103 Å². The summed E-state index contributed by atoms with van der Waals surface area (Å²) in [5.74, 6) is 3.13. The van der Waals surface area contributed by atoms with E-state index in [2.05, 4.69) is 32.5 Å². The van der Waals surface area contributed by atoms with Crippen LogP contribution in [-0.2, 0) is 0 Å². The zero-order chi connectivity index (χ0) is 11.3. The first-order valence-corrected chi connectivity index (χ1v) is 8.20. The van der Waals surface area contributed by atoms with E-state index in [1.165, 1.54) is 24.3 Å². The molecule has 1 saturated heterocycles. The number of rotatable bonds is 5. The molecule has 3 heteroatoms. The highest BCUT2D eigenvalue weighted by Gasteiger charge is 2.31. The molecule has 90 valence electrons. The Kier molecular flexibility index (Phi) is 6.48. The summed E-state index contributed by atoms with van der Waals surface area (Å²) in [5.41, 5.74) is 0. The van der Waals surface area contributed by atoms with E-state index in [0.29, 0.717) is 16.4 Å². The summed E-state index contributed by atoms with van der Waals surface area (Å²) in [6.45, 7) is 6.69. The second-order valence-corrected chi connectivity index (χ2v) is 7.10. The molecule has 1 heterocycles. The van der Waals surface area contributed by atoms with E-state index < -0.39 is 0 Å². The Morgan fingerprint density at radius 2 is 1.93 bits per heavy atom. The lowest BCUT2D eigenvalue weighted by molar-refractivity contribution is 0.140. The highest BCUT2D eigenvalue weighted by molar-refractivity contribution is 8.07. The smallest absolute Gasteiger partial charge is 0.0672 e. The van der Waals surface area contributed by atoms with Crippen molar-refractivity contribution in [2.24, 2.45) is 5.92 Å². The van der Waals surface area contributed by atoms with E-state index in [4.69, 9.17) is 0 Å². The van der Waals surface area contributed by atoms with E-state index in [1.54, 1.807) is 0 Å². The van der Waals surface area contributed by atoms with E-state index in [1.807, 2.05) is 11.8 Å². The van der Waals surface area contributed by atoms with Crippen molar-refractivity contribution in [1.82, 2.24) is 0 Å². The monoisotopic (exact) mass is 248 g/mol. The fourth-order valence-electron chi connectivity index (χ4n) is 2.01. The number of aliphatic hydroxyl groups is 1. The zero-order valence-electron chi connectivity index (χ0n) is 10.1. The van der Waals surface area contributed by atoms with Crippen LogP contribution in [0, 0.1) is 5.92 Å². The van der Waals surface area contributed by atoms with Gasteiger partial charge in [0.05, 0.1) is 6.10 Å². The van der Waals surface area contributed by atoms with Crippen LogP contribution in [0.25, 0.3) is 0 Å². The van der Waals surface area contributed by atoms with Gasteiger partial charge in [-0.25, -0.2) is 0 Å². The van der Waals surface area contributed by atoms with Gasteiger partial charge in [-0.2, -0.15) is 23.5 Å². The SMILES string of the molecule is CCC(C)CC(O)C1SCCSC1CC. The first kappa shape index (κ1) is 13.7.